The van der Waals surface area contributed by atoms with Gasteiger partial charge < -0.3 is 19.3 Å². The highest BCUT2D eigenvalue weighted by Gasteiger charge is 2.33. The largest absolute Gasteiger partial charge is 0.497 e. The number of carbonyl (C=O) groups excluding carboxylic acids is 2. The average Bonchev–Trinajstić information content (AvgIpc) is 3.72. The van der Waals surface area contributed by atoms with Crippen molar-refractivity contribution in [3.8, 4) is 22.9 Å². The molecule has 2 saturated heterocycles. The van der Waals surface area contributed by atoms with Gasteiger partial charge in [0.1, 0.15) is 17.3 Å². The number of benzene rings is 2. The molecule has 0 saturated carbocycles. The number of fused-ring (bicyclic) bond motifs is 3. The van der Waals surface area contributed by atoms with Crippen molar-refractivity contribution in [3.05, 3.63) is 72.1 Å². The minimum Gasteiger partial charge on any atom is -0.497 e. The van der Waals surface area contributed by atoms with Gasteiger partial charge in [-0.2, -0.15) is 0 Å². The number of methoxy groups -OCH3 is 2. The van der Waals surface area contributed by atoms with E-state index in [0.29, 0.717) is 30.4 Å². The number of piperazine rings is 1. The van der Waals surface area contributed by atoms with Crippen LogP contribution in [0.4, 0.5) is 5.69 Å². The number of hydrogen-bond donors (Lipinski definition) is 0. The van der Waals surface area contributed by atoms with Gasteiger partial charge in [0.05, 0.1) is 37.0 Å². The van der Waals surface area contributed by atoms with Crippen LogP contribution in [0.15, 0.2) is 65.8 Å². The number of rotatable bonds is 8. The van der Waals surface area contributed by atoms with Crippen molar-refractivity contribution in [1.29, 1.82) is 0 Å². The summed E-state index contributed by atoms with van der Waals surface area (Å²) in [5.74, 6) is 2.23. The molecule has 2 aromatic heterocycles. The van der Waals surface area contributed by atoms with Crippen LogP contribution in [-0.2, 0) is 0 Å². The first-order valence-corrected chi connectivity index (χ1v) is 17.5. The van der Waals surface area contributed by atoms with E-state index < -0.39 is 0 Å². The first kappa shape index (κ1) is 32.0. The van der Waals surface area contributed by atoms with Gasteiger partial charge in [-0.15, -0.1) is 0 Å². The van der Waals surface area contributed by atoms with Crippen LogP contribution in [0.5, 0.6) is 11.5 Å². The lowest BCUT2D eigenvalue weighted by molar-refractivity contribution is 0.0584. The molecule has 1 unspecified atom stereocenters. The van der Waals surface area contributed by atoms with Gasteiger partial charge in [0.2, 0.25) is 0 Å². The molecule has 2 atom stereocenters. The van der Waals surface area contributed by atoms with Crippen molar-refractivity contribution in [2.24, 2.45) is 4.99 Å². The summed E-state index contributed by atoms with van der Waals surface area (Å²) in [4.78, 5) is 43.0. The molecule has 0 bridgehead atoms. The van der Waals surface area contributed by atoms with Gasteiger partial charge in [0.25, 0.3) is 11.8 Å². The summed E-state index contributed by atoms with van der Waals surface area (Å²) in [5.41, 5.74) is 3.54. The first-order valence-electron chi connectivity index (χ1n) is 16.6. The summed E-state index contributed by atoms with van der Waals surface area (Å²) < 4.78 is 13.1. The van der Waals surface area contributed by atoms with E-state index in [0.717, 1.165) is 86.5 Å². The van der Waals surface area contributed by atoms with E-state index in [1.165, 1.54) is 5.29 Å². The van der Waals surface area contributed by atoms with Crippen LogP contribution in [0.25, 0.3) is 16.9 Å². The first-order chi connectivity index (χ1) is 23.3. The number of nitrogens with zero attached hydrogens (tertiary/aromatic N) is 6. The van der Waals surface area contributed by atoms with E-state index >= 15 is 0 Å². The Morgan fingerprint density at radius 2 is 1.81 bits per heavy atom. The summed E-state index contributed by atoms with van der Waals surface area (Å²) in [5, 5.41) is 2.32. The lowest BCUT2D eigenvalue weighted by atomic mass is 10.1. The van der Waals surface area contributed by atoms with Crippen LogP contribution in [0, 0.1) is 0 Å². The molecule has 2 amide bonds. The van der Waals surface area contributed by atoms with Gasteiger partial charge in [-0.25, -0.2) is 4.98 Å². The molecule has 2 fully saturated rings. The fourth-order valence-electron chi connectivity index (χ4n) is 7.07. The molecule has 5 heterocycles. The van der Waals surface area contributed by atoms with E-state index in [9.17, 15) is 9.59 Å². The van der Waals surface area contributed by atoms with Crippen LogP contribution < -0.4 is 14.8 Å². The summed E-state index contributed by atoms with van der Waals surface area (Å²) in [6, 6.07) is 17.9. The van der Waals surface area contributed by atoms with Crippen LogP contribution in [0.3, 0.4) is 0 Å². The number of amides is 2. The number of carbonyl (C=O) groups is 2. The molecule has 2 aromatic carbocycles. The van der Waals surface area contributed by atoms with Crippen LogP contribution >= 0.6 is 8.20 Å². The normalized spacial score (nSPS) is 18.9. The van der Waals surface area contributed by atoms with Crippen molar-refractivity contribution >= 4 is 48.0 Å². The Morgan fingerprint density at radius 3 is 2.56 bits per heavy atom. The second-order valence-corrected chi connectivity index (χ2v) is 14.2. The lowest BCUT2D eigenvalue weighted by Gasteiger charge is -2.38. The summed E-state index contributed by atoms with van der Waals surface area (Å²) >= 11 is 0. The maximum atomic E-state index is 13.8. The highest BCUT2D eigenvalue weighted by molar-refractivity contribution is 7.49. The monoisotopic (exact) mass is 664 g/mol. The number of aliphatic imine (C=N–C) groups is 1. The van der Waals surface area contributed by atoms with E-state index in [4.69, 9.17) is 19.5 Å². The van der Waals surface area contributed by atoms with Gasteiger partial charge in [-0.05, 0) is 86.9 Å². The Bertz CT molecular complexity index is 1910. The fourth-order valence-corrected chi connectivity index (χ4v) is 8.29. The van der Waals surface area contributed by atoms with E-state index in [1.807, 2.05) is 81.2 Å². The van der Waals surface area contributed by atoms with Crippen LogP contribution in [0.1, 0.15) is 54.0 Å². The predicted octanol–water partition coefficient (Wildman–Crippen LogP) is 5.34. The lowest BCUT2D eigenvalue weighted by Crippen LogP contribution is -2.51. The molecule has 7 rings (SSSR count). The molecule has 0 spiro atoms. The zero-order valence-electron chi connectivity index (χ0n) is 27.9. The van der Waals surface area contributed by atoms with Crippen molar-refractivity contribution in [2.75, 3.05) is 46.9 Å². The van der Waals surface area contributed by atoms with Gasteiger partial charge in [-0.1, -0.05) is 14.3 Å². The maximum absolute atomic E-state index is 13.8. The SMILES string of the molecule is COc1ccc(-c2nc(C(=O)N3CCN(C(C)C/C(C)=P/c4cc5c(cc4OC)C(=O)N4CCC[C@H]4C=N5)CC3)c3ccccn23)cc1. The Morgan fingerprint density at radius 1 is 1.02 bits per heavy atom. The minimum atomic E-state index is -0.0381. The Balaban J connectivity index is 1.02. The highest BCUT2D eigenvalue weighted by atomic mass is 31.1. The van der Waals surface area contributed by atoms with Crippen molar-refractivity contribution in [2.45, 2.75) is 45.2 Å². The number of aromatic nitrogens is 2. The molecule has 3 aliphatic rings. The average molecular weight is 665 g/mol. The molecular weight excluding hydrogens is 623 g/mol. The molecule has 10 nitrogen and oxygen atoms in total. The van der Waals surface area contributed by atoms with Crippen LogP contribution in [-0.4, -0.2) is 106 Å². The minimum absolute atomic E-state index is 0.0381. The van der Waals surface area contributed by atoms with Crippen molar-refractivity contribution < 1.29 is 19.1 Å². The van der Waals surface area contributed by atoms with E-state index in [1.54, 1.807) is 14.2 Å². The topological polar surface area (TPSA) is 92.0 Å². The third kappa shape index (κ3) is 6.11. The molecule has 0 radical (unpaired) electrons. The Labute approximate surface area is 282 Å². The third-order valence-electron chi connectivity index (χ3n) is 9.70. The molecule has 48 heavy (non-hydrogen) atoms. The zero-order chi connectivity index (χ0) is 33.4. The Kier molecular flexibility index (Phi) is 9.03. The van der Waals surface area contributed by atoms with Gasteiger partial charge in [-0.3, -0.25) is 23.9 Å². The number of pyridine rings is 1. The molecule has 0 aliphatic carbocycles. The molecule has 4 aromatic rings. The third-order valence-corrected chi connectivity index (χ3v) is 10.9. The van der Waals surface area contributed by atoms with E-state index in [-0.39, 0.29) is 17.9 Å². The fraction of sp³-hybridized carbons (Fsp3) is 0.378. The Hall–Kier alpha value is -4.53. The standard InChI is InChI=1S/C37H41N6O4P/c1-24(20-25(2)48-33-22-30-29(21-32(33)47-4)36(44)42-15-7-8-27(42)23-38-30)40-16-18-41(19-17-40)37(45)34-31-9-5-6-14-43(31)35(39-34)26-10-12-28(46-3)13-11-26/h5-6,9-14,21-24,27H,7-8,15-20H2,1-4H3/t24?,27-/m0/s1. The molecule has 11 heteroatoms. The van der Waals surface area contributed by atoms with Crippen molar-refractivity contribution in [1.82, 2.24) is 24.1 Å². The molecule has 248 valence electrons. The predicted molar refractivity (Wildman–Crippen MR) is 191 cm³/mol. The smallest absolute Gasteiger partial charge is 0.274 e. The summed E-state index contributed by atoms with van der Waals surface area (Å²) in [6.45, 7) is 8.09. The second-order valence-electron chi connectivity index (χ2n) is 12.7. The van der Waals surface area contributed by atoms with Gasteiger partial charge in [0.15, 0.2) is 5.69 Å². The molecule has 3 aliphatic heterocycles. The molecule has 0 N–H and O–H groups in total. The van der Waals surface area contributed by atoms with Crippen molar-refractivity contribution in [3.63, 3.8) is 0 Å². The number of ether oxygens (including phenoxy) is 2. The molecular formula is C37H41N6O4P. The maximum Gasteiger partial charge on any atom is 0.274 e. The zero-order valence-corrected chi connectivity index (χ0v) is 28.8. The van der Waals surface area contributed by atoms with E-state index in [2.05, 4.69) is 18.7 Å². The summed E-state index contributed by atoms with van der Waals surface area (Å²) in [6.07, 6.45) is 6.77. The van der Waals surface area contributed by atoms with Gasteiger partial charge >= 0.3 is 0 Å². The second kappa shape index (κ2) is 13.5. The summed E-state index contributed by atoms with van der Waals surface area (Å²) in [7, 11) is 4.37. The number of hydrogen-bond acceptors (Lipinski definition) is 7. The highest BCUT2D eigenvalue weighted by Crippen LogP contribution is 2.32. The quantitative estimate of drug-likeness (QED) is 0.236. The number of imidazole rings is 1. The van der Waals surface area contributed by atoms with Gasteiger partial charge in [0, 0.05) is 62.0 Å². The van der Waals surface area contributed by atoms with Crippen LogP contribution in [0.2, 0.25) is 0 Å².